The first kappa shape index (κ1) is 13.4. The van der Waals surface area contributed by atoms with Crippen LogP contribution in [0.5, 0.6) is 0 Å². The van der Waals surface area contributed by atoms with Crippen molar-refractivity contribution in [2.45, 2.75) is 26.4 Å². The molecular weight excluding hydrogens is 240 g/mol. The van der Waals surface area contributed by atoms with Crippen LogP contribution in [-0.2, 0) is 19.5 Å². The molecule has 4 nitrogen and oxygen atoms in total. The molecule has 0 saturated carbocycles. The highest BCUT2D eigenvalue weighted by molar-refractivity contribution is 5.95. The van der Waals surface area contributed by atoms with Gasteiger partial charge in [-0.05, 0) is 17.2 Å². The molecule has 0 aliphatic heterocycles. The fourth-order valence-electron chi connectivity index (χ4n) is 1.89. The number of benzene rings is 1. The molecule has 2 aromatic rings. The van der Waals surface area contributed by atoms with Crippen LogP contribution in [0.4, 0.5) is 0 Å². The van der Waals surface area contributed by atoms with Gasteiger partial charge in [0.15, 0.2) is 0 Å². The molecule has 3 N–H and O–H groups in total. The second-order valence-corrected chi connectivity index (χ2v) is 4.31. The molecule has 0 atom stereocenters. The lowest BCUT2D eigenvalue weighted by Gasteiger charge is -2.06. The third-order valence-electron chi connectivity index (χ3n) is 3.02. The predicted molar refractivity (Wildman–Crippen MR) is 73.6 cm³/mol. The van der Waals surface area contributed by atoms with Crippen LogP contribution in [0.1, 0.15) is 34.2 Å². The van der Waals surface area contributed by atoms with Gasteiger partial charge in [0.2, 0.25) is 0 Å². The molecule has 0 radical (unpaired) electrons. The number of amides is 1. The van der Waals surface area contributed by atoms with E-state index in [1.54, 1.807) is 12.3 Å². The molecule has 0 fully saturated rings. The zero-order valence-corrected chi connectivity index (χ0v) is 11.0. The van der Waals surface area contributed by atoms with E-state index < -0.39 is 0 Å². The summed E-state index contributed by atoms with van der Waals surface area (Å²) in [7, 11) is 0. The van der Waals surface area contributed by atoms with Crippen LogP contribution < -0.4 is 11.1 Å². The third kappa shape index (κ3) is 3.23. The topological polar surface area (TPSA) is 68.3 Å². The molecule has 1 aromatic carbocycles. The average molecular weight is 258 g/mol. The van der Waals surface area contributed by atoms with Crippen LogP contribution in [0.2, 0.25) is 0 Å². The summed E-state index contributed by atoms with van der Waals surface area (Å²) >= 11 is 0. The average Bonchev–Trinajstić information content (AvgIpc) is 2.93. The standard InChI is InChI=1S/C15H18N2O2/c1-2-14-13(7-8-19-14)15(18)17-10-12-5-3-11(9-16)4-6-12/h3-8H,2,9-10,16H2,1H3,(H,17,18). The van der Waals surface area contributed by atoms with Gasteiger partial charge in [-0.3, -0.25) is 4.79 Å². The monoisotopic (exact) mass is 258 g/mol. The van der Waals surface area contributed by atoms with Gasteiger partial charge in [0.05, 0.1) is 11.8 Å². The fraction of sp³-hybridized carbons (Fsp3) is 0.267. The molecule has 0 aliphatic rings. The first-order valence-corrected chi connectivity index (χ1v) is 6.37. The third-order valence-corrected chi connectivity index (χ3v) is 3.02. The first-order valence-electron chi connectivity index (χ1n) is 6.37. The van der Waals surface area contributed by atoms with Crippen LogP contribution in [0.3, 0.4) is 0 Å². The van der Waals surface area contributed by atoms with E-state index in [9.17, 15) is 4.79 Å². The Morgan fingerprint density at radius 3 is 2.53 bits per heavy atom. The Labute approximate surface area is 112 Å². The summed E-state index contributed by atoms with van der Waals surface area (Å²) in [5.74, 6) is 0.615. The highest BCUT2D eigenvalue weighted by Crippen LogP contribution is 2.11. The molecule has 1 heterocycles. The van der Waals surface area contributed by atoms with Crippen LogP contribution >= 0.6 is 0 Å². The van der Waals surface area contributed by atoms with E-state index in [0.29, 0.717) is 25.1 Å². The Morgan fingerprint density at radius 1 is 1.21 bits per heavy atom. The molecule has 0 saturated heterocycles. The van der Waals surface area contributed by atoms with E-state index in [2.05, 4.69) is 5.32 Å². The number of carbonyl (C=O) groups excluding carboxylic acids is 1. The maximum atomic E-state index is 12.0. The van der Waals surface area contributed by atoms with Crippen molar-refractivity contribution >= 4 is 5.91 Å². The largest absolute Gasteiger partial charge is 0.469 e. The minimum atomic E-state index is -0.103. The summed E-state index contributed by atoms with van der Waals surface area (Å²) in [6.45, 7) is 2.99. The quantitative estimate of drug-likeness (QED) is 0.864. The van der Waals surface area contributed by atoms with Crippen LogP contribution in [0, 0.1) is 0 Å². The molecular formula is C15H18N2O2. The Hall–Kier alpha value is -2.07. The minimum Gasteiger partial charge on any atom is -0.469 e. The van der Waals surface area contributed by atoms with E-state index in [0.717, 1.165) is 16.9 Å². The number of hydrogen-bond donors (Lipinski definition) is 2. The van der Waals surface area contributed by atoms with Crippen molar-refractivity contribution in [3.8, 4) is 0 Å². The highest BCUT2D eigenvalue weighted by atomic mass is 16.3. The van der Waals surface area contributed by atoms with Gasteiger partial charge in [0.1, 0.15) is 5.76 Å². The summed E-state index contributed by atoms with van der Waals surface area (Å²) in [4.78, 5) is 12.0. The van der Waals surface area contributed by atoms with Gasteiger partial charge in [0, 0.05) is 19.5 Å². The summed E-state index contributed by atoms with van der Waals surface area (Å²) in [6.07, 6.45) is 2.25. The number of nitrogens with two attached hydrogens (primary N) is 1. The normalized spacial score (nSPS) is 10.4. The molecule has 1 aromatic heterocycles. The van der Waals surface area contributed by atoms with Crippen LogP contribution in [-0.4, -0.2) is 5.91 Å². The van der Waals surface area contributed by atoms with Gasteiger partial charge in [-0.2, -0.15) is 0 Å². The first-order chi connectivity index (χ1) is 9.24. The highest BCUT2D eigenvalue weighted by Gasteiger charge is 2.12. The molecule has 2 rings (SSSR count). The molecule has 0 bridgehead atoms. The van der Waals surface area contributed by atoms with Crippen molar-refractivity contribution in [3.63, 3.8) is 0 Å². The number of furan rings is 1. The number of rotatable bonds is 5. The smallest absolute Gasteiger partial charge is 0.255 e. The zero-order chi connectivity index (χ0) is 13.7. The molecule has 100 valence electrons. The summed E-state index contributed by atoms with van der Waals surface area (Å²) in [5, 5.41) is 2.88. The lowest BCUT2D eigenvalue weighted by Crippen LogP contribution is -2.23. The van der Waals surface area contributed by atoms with Crippen molar-refractivity contribution in [2.24, 2.45) is 5.73 Å². The Balaban J connectivity index is 1.96. The van der Waals surface area contributed by atoms with Crippen LogP contribution in [0.25, 0.3) is 0 Å². The minimum absolute atomic E-state index is 0.103. The van der Waals surface area contributed by atoms with Gasteiger partial charge in [-0.1, -0.05) is 31.2 Å². The Bertz CT molecular complexity index is 544. The summed E-state index contributed by atoms with van der Waals surface area (Å²) in [6, 6.07) is 9.58. The molecule has 4 heteroatoms. The maximum Gasteiger partial charge on any atom is 0.255 e. The Morgan fingerprint density at radius 2 is 1.89 bits per heavy atom. The SMILES string of the molecule is CCc1occc1C(=O)NCc1ccc(CN)cc1. The van der Waals surface area contributed by atoms with Crippen LogP contribution in [0.15, 0.2) is 41.0 Å². The number of nitrogens with one attached hydrogen (secondary N) is 1. The van der Waals surface area contributed by atoms with Gasteiger partial charge in [-0.15, -0.1) is 0 Å². The molecule has 0 aliphatic carbocycles. The van der Waals surface area contributed by atoms with E-state index in [4.69, 9.17) is 10.2 Å². The number of hydrogen-bond acceptors (Lipinski definition) is 3. The zero-order valence-electron chi connectivity index (χ0n) is 11.0. The summed E-state index contributed by atoms with van der Waals surface area (Å²) < 4.78 is 5.24. The lowest BCUT2D eigenvalue weighted by molar-refractivity contribution is 0.0949. The molecule has 19 heavy (non-hydrogen) atoms. The van der Waals surface area contributed by atoms with Gasteiger partial charge >= 0.3 is 0 Å². The van der Waals surface area contributed by atoms with Crippen molar-refractivity contribution < 1.29 is 9.21 Å². The molecule has 1 amide bonds. The fourth-order valence-corrected chi connectivity index (χ4v) is 1.89. The maximum absolute atomic E-state index is 12.0. The Kier molecular flexibility index (Phi) is 4.36. The van der Waals surface area contributed by atoms with E-state index in [1.807, 2.05) is 31.2 Å². The van der Waals surface area contributed by atoms with E-state index in [-0.39, 0.29) is 5.91 Å². The second-order valence-electron chi connectivity index (χ2n) is 4.31. The number of aryl methyl sites for hydroxylation is 1. The summed E-state index contributed by atoms with van der Waals surface area (Å²) in [5.41, 5.74) is 8.28. The van der Waals surface area contributed by atoms with Crippen molar-refractivity contribution in [1.29, 1.82) is 0 Å². The molecule has 0 spiro atoms. The predicted octanol–water partition coefficient (Wildman–Crippen LogP) is 2.23. The second kappa shape index (κ2) is 6.20. The lowest BCUT2D eigenvalue weighted by atomic mass is 10.1. The van der Waals surface area contributed by atoms with Crippen molar-refractivity contribution in [1.82, 2.24) is 5.32 Å². The van der Waals surface area contributed by atoms with Gasteiger partial charge in [0.25, 0.3) is 5.91 Å². The number of carbonyl (C=O) groups is 1. The van der Waals surface area contributed by atoms with E-state index >= 15 is 0 Å². The van der Waals surface area contributed by atoms with Crippen molar-refractivity contribution in [2.75, 3.05) is 0 Å². The molecule has 0 unspecified atom stereocenters. The van der Waals surface area contributed by atoms with Gasteiger partial charge in [-0.25, -0.2) is 0 Å². The van der Waals surface area contributed by atoms with E-state index in [1.165, 1.54) is 0 Å². The van der Waals surface area contributed by atoms with Gasteiger partial charge < -0.3 is 15.5 Å². The van der Waals surface area contributed by atoms with Crippen molar-refractivity contribution in [3.05, 3.63) is 59.0 Å².